The number of hydrogen-bond donors (Lipinski definition) is 2. The number of nitrogens with one attached hydrogen (secondary N) is 1. The Balaban J connectivity index is 2.00. The topological polar surface area (TPSA) is 72.2 Å². The van der Waals surface area contributed by atoms with E-state index in [1.165, 1.54) is 0 Å². The van der Waals surface area contributed by atoms with Crippen molar-refractivity contribution >= 4 is 39.8 Å². The second kappa shape index (κ2) is 7.23. The summed E-state index contributed by atoms with van der Waals surface area (Å²) in [5.74, 6) is -3.79. The molecule has 0 atom stereocenters. The number of thiophene rings is 1. The van der Waals surface area contributed by atoms with Crippen LogP contribution in [0.2, 0.25) is 5.02 Å². The first-order valence-corrected chi connectivity index (χ1v) is 8.57. The molecule has 3 N–H and O–H groups in total. The summed E-state index contributed by atoms with van der Waals surface area (Å²) >= 11 is 6.88. The Morgan fingerprint density at radius 3 is 2.19 bits per heavy atom. The van der Waals surface area contributed by atoms with Crippen molar-refractivity contribution in [3.8, 4) is 11.1 Å². The number of halogens is 3. The Kier molecular flexibility index (Phi) is 5.01. The molecule has 1 heterocycles. The summed E-state index contributed by atoms with van der Waals surface area (Å²) < 4.78 is 27.5. The zero-order valence-electron chi connectivity index (χ0n) is 13.1. The van der Waals surface area contributed by atoms with Gasteiger partial charge >= 0.3 is 0 Å². The average molecular weight is 393 g/mol. The fourth-order valence-corrected chi connectivity index (χ4v) is 3.51. The van der Waals surface area contributed by atoms with E-state index in [9.17, 15) is 18.4 Å². The third kappa shape index (κ3) is 3.44. The first-order valence-electron chi connectivity index (χ1n) is 7.31. The Hall–Kier alpha value is -2.77. The lowest BCUT2D eigenvalue weighted by Gasteiger charge is -2.08. The van der Waals surface area contributed by atoms with Gasteiger partial charge in [-0.3, -0.25) is 9.59 Å². The van der Waals surface area contributed by atoms with E-state index in [1.54, 1.807) is 29.6 Å². The van der Waals surface area contributed by atoms with Crippen molar-refractivity contribution in [2.75, 3.05) is 5.32 Å². The molecule has 2 amide bonds. The molecule has 0 spiro atoms. The molecule has 4 nitrogen and oxygen atoms in total. The van der Waals surface area contributed by atoms with Crippen LogP contribution in [0.3, 0.4) is 0 Å². The monoisotopic (exact) mass is 392 g/mol. The summed E-state index contributed by atoms with van der Waals surface area (Å²) in [5.41, 5.74) is 5.92. The average Bonchev–Trinajstić information content (AvgIpc) is 2.99. The predicted molar refractivity (Wildman–Crippen MR) is 97.6 cm³/mol. The van der Waals surface area contributed by atoms with Crippen LogP contribution in [0.25, 0.3) is 11.1 Å². The summed E-state index contributed by atoms with van der Waals surface area (Å²) in [6.45, 7) is 0. The van der Waals surface area contributed by atoms with Gasteiger partial charge in [-0.1, -0.05) is 29.8 Å². The van der Waals surface area contributed by atoms with Gasteiger partial charge in [-0.25, -0.2) is 8.78 Å². The van der Waals surface area contributed by atoms with E-state index in [-0.39, 0.29) is 10.6 Å². The Morgan fingerprint density at radius 2 is 1.62 bits per heavy atom. The molecule has 3 rings (SSSR count). The maximum absolute atomic E-state index is 13.8. The molecular weight excluding hydrogens is 382 g/mol. The number of amides is 2. The number of primary amides is 1. The summed E-state index contributed by atoms with van der Waals surface area (Å²) in [5, 5.41) is 4.61. The van der Waals surface area contributed by atoms with E-state index in [4.69, 9.17) is 17.3 Å². The van der Waals surface area contributed by atoms with Crippen molar-refractivity contribution in [3.05, 3.63) is 75.6 Å². The molecule has 0 radical (unpaired) electrons. The van der Waals surface area contributed by atoms with Crippen LogP contribution in [-0.2, 0) is 0 Å². The minimum Gasteiger partial charge on any atom is -0.365 e. The normalized spacial score (nSPS) is 10.6. The van der Waals surface area contributed by atoms with E-state index in [0.717, 1.165) is 29.5 Å². The molecule has 26 heavy (non-hydrogen) atoms. The molecule has 3 aromatic rings. The van der Waals surface area contributed by atoms with Gasteiger partial charge in [-0.15, -0.1) is 11.3 Å². The lowest BCUT2D eigenvalue weighted by atomic mass is 10.0. The van der Waals surface area contributed by atoms with Gasteiger partial charge in [0, 0.05) is 16.0 Å². The third-order valence-corrected chi connectivity index (χ3v) is 4.76. The number of carbonyl (C=O) groups excluding carboxylic acids is 2. The third-order valence-electron chi connectivity index (χ3n) is 3.61. The Morgan fingerprint density at radius 1 is 1.00 bits per heavy atom. The Labute approximate surface area is 156 Å². The van der Waals surface area contributed by atoms with Crippen LogP contribution in [0.5, 0.6) is 0 Å². The van der Waals surface area contributed by atoms with Crippen molar-refractivity contribution in [3.63, 3.8) is 0 Å². The highest BCUT2D eigenvalue weighted by Crippen LogP contribution is 2.36. The molecular formula is C18H11ClF2N2O2S. The maximum atomic E-state index is 13.8. The smallest absolute Gasteiger partial charge is 0.262 e. The quantitative estimate of drug-likeness (QED) is 0.675. The summed E-state index contributed by atoms with van der Waals surface area (Å²) in [4.78, 5) is 24.2. The largest absolute Gasteiger partial charge is 0.365 e. The number of hydrogen-bond acceptors (Lipinski definition) is 3. The van der Waals surface area contributed by atoms with Gasteiger partial charge in [-0.2, -0.15) is 0 Å². The molecule has 2 aromatic carbocycles. The van der Waals surface area contributed by atoms with E-state index >= 15 is 0 Å². The fourth-order valence-electron chi connectivity index (χ4n) is 2.42. The van der Waals surface area contributed by atoms with E-state index in [1.807, 2.05) is 0 Å². The standard InChI is InChI=1S/C18H11ClF2N2O2S/c19-10-6-4-9(5-7-10)11-8-26-18(14(11)16(22)24)23-17(25)15-12(20)2-1-3-13(15)21/h1-8H,(H2,22,24)(H,23,25). The van der Waals surface area contributed by atoms with Crippen molar-refractivity contribution in [2.45, 2.75) is 0 Å². The van der Waals surface area contributed by atoms with Gasteiger partial charge < -0.3 is 11.1 Å². The van der Waals surface area contributed by atoms with Gasteiger partial charge in [0.15, 0.2) is 0 Å². The van der Waals surface area contributed by atoms with Gasteiger partial charge in [0.1, 0.15) is 22.2 Å². The molecule has 8 heteroatoms. The minimum absolute atomic E-state index is 0.0578. The SMILES string of the molecule is NC(=O)c1c(-c2ccc(Cl)cc2)csc1NC(=O)c1c(F)cccc1F. The summed E-state index contributed by atoms with van der Waals surface area (Å²) in [6.07, 6.45) is 0. The zero-order valence-corrected chi connectivity index (χ0v) is 14.6. The van der Waals surface area contributed by atoms with Gasteiger partial charge in [0.05, 0.1) is 5.56 Å². The summed E-state index contributed by atoms with van der Waals surface area (Å²) in [7, 11) is 0. The molecule has 0 fully saturated rings. The Bertz CT molecular complexity index is 983. The van der Waals surface area contributed by atoms with Crippen LogP contribution < -0.4 is 11.1 Å². The number of rotatable bonds is 4. The molecule has 1 aromatic heterocycles. The first-order chi connectivity index (χ1) is 12.4. The molecule has 0 saturated heterocycles. The van der Waals surface area contributed by atoms with Crippen LogP contribution in [0.1, 0.15) is 20.7 Å². The fraction of sp³-hybridized carbons (Fsp3) is 0. The summed E-state index contributed by atoms with van der Waals surface area (Å²) in [6, 6.07) is 9.78. The maximum Gasteiger partial charge on any atom is 0.262 e. The van der Waals surface area contributed by atoms with Gasteiger partial charge in [0.25, 0.3) is 11.8 Å². The minimum atomic E-state index is -1.01. The number of carbonyl (C=O) groups is 2. The van der Waals surface area contributed by atoms with Gasteiger partial charge in [0.2, 0.25) is 0 Å². The van der Waals surface area contributed by atoms with Crippen LogP contribution >= 0.6 is 22.9 Å². The van der Waals surface area contributed by atoms with Crippen molar-refractivity contribution < 1.29 is 18.4 Å². The first kappa shape index (κ1) is 18.0. The predicted octanol–water partition coefficient (Wildman–Crippen LogP) is 4.70. The number of benzene rings is 2. The van der Waals surface area contributed by atoms with Crippen LogP contribution in [-0.4, -0.2) is 11.8 Å². The molecule has 0 aliphatic carbocycles. The number of nitrogens with two attached hydrogens (primary N) is 1. The van der Waals surface area contributed by atoms with Gasteiger partial charge in [-0.05, 0) is 29.8 Å². The highest BCUT2D eigenvalue weighted by atomic mass is 35.5. The molecule has 0 aliphatic rings. The highest BCUT2D eigenvalue weighted by Gasteiger charge is 2.23. The second-order valence-electron chi connectivity index (χ2n) is 5.28. The van der Waals surface area contributed by atoms with Crippen molar-refractivity contribution in [2.24, 2.45) is 5.73 Å². The lowest BCUT2D eigenvalue weighted by Crippen LogP contribution is -2.19. The molecule has 0 aliphatic heterocycles. The van der Waals surface area contributed by atoms with Crippen molar-refractivity contribution in [1.82, 2.24) is 0 Å². The van der Waals surface area contributed by atoms with E-state index in [2.05, 4.69) is 5.32 Å². The van der Waals surface area contributed by atoms with Crippen LogP contribution in [0.15, 0.2) is 47.8 Å². The molecule has 0 saturated carbocycles. The molecule has 0 bridgehead atoms. The van der Waals surface area contributed by atoms with E-state index < -0.39 is 29.0 Å². The number of anilines is 1. The zero-order chi connectivity index (χ0) is 18.8. The van der Waals surface area contributed by atoms with Crippen LogP contribution in [0, 0.1) is 11.6 Å². The highest BCUT2D eigenvalue weighted by molar-refractivity contribution is 7.15. The van der Waals surface area contributed by atoms with Crippen LogP contribution in [0.4, 0.5) is 13.8 Å². The molecule has 0 unspecified atom stereocenters. The van der Waals surface area contributed by atoms with E-state index in [0.29, 0.717) is 16.1 Å². The molecule has 132 valence electrons. The van der Waals surface area contributed by atoms with Crippen molar-refractivity contribution in [1.29, 1.82) is 0 Å². The lowest BCUT2D eigenvalue weighted by molar-refractivity contribution is 0.100. The second-order valence-corrected chi connectivity index (χ2v) is 6.59.